The summed E-state index contributed by atoms with van der Waals surface area (Å²) in [7, 11) is 2.20. The standard InChI is InChI=1S/C12H18BrNOS/c1-14(6-10-3-2-4-15-8-10)7-12-5-11(13)9-16-12/h5,9-10H,2-4,6-8H2,1H3/t10-/m1/s1. The van der Waals surface area contributed by atoms with Crippen molar-refractivity contribution < 1.29 is 4.74 Å². The molecule has 0 saturated carbocycles. The van der Waals surface area contributed by atoms with Crippen LogP contribution in [0.2, 0.25) is 0 Å². The van der Waals surface area contributed by atoms with Gasteiger partial charge in [0, 0.05) is 34.4 Å². The third-order valence-corrected chi connectivity index (χ3v) is 4.55. The van der Waals surface area contributed by atoms with Crippen LogP contribution in [0.3, 0.4) is 0 Å². The van der Waals surface area contributed by atoms with Gasteiger partial charge in [-0.05, 0) is 47.8 Å². The van der Waals surface area contributed by atoms with E-state index in [0.29, 0.717) is 0 Å². The van der Waals surface area contributed by atoms with Gasteiger partial charge in [-0.1, -0.05) is 0 Å². The lowest BCUT2D eigenvalue weighted by molar-refractivity contribution is 0.0413. The molecule has 1 aliphatic rings. The Hall–Kier alpha value is 0.1000. The Bertz CT molecular complexity index is 323. The van der Waals surface area contributed by atoms with E-state index in [1.165, 1.54) is 22.2 Å². The lowest BCUT2D eigenvalue weighted by Crippen LogP contribution is -2.30. The van der Waals surface area contributed by atoms with E-state index in [1.807, 2.05) is 11.3 Å². The number of ether oxygens (including phenoxy) is 1. The molecule has 2 rings (SSSR count). The Morgan fingerprint density at radius 2 is 2.50 bits per heavy atom. The van der Waals surface area contributed by atoms with E-state index in [-0.39, 0.29) is 0 Å². The molecule has 1 fully saturated rings. The van der Waals surface area contributed by atoms with Crippen molar-refractivity contribution in [3.8, 4) is 0 Å². The van der Waals surface area contributed by atoms with E-state index in [4.69, 9.17) is 4.74 Å². The molecule has 2 heterocycles. The molecular formula is C12H18BrNOS. The molecule has 1 atom stereocenters. The number of hydrogen-bond acceptors (Lipinski definition) is 3. The maximum absolute atomic E-state index is 5.51. The van der Waals surface area contributed by atoms with Crippen molar-refractivity contribution in [3.63, 3.8) is 0 Å². The van der Waals surface area contributed by atoms with Crippen LogP contribution < -0.4 is 0 Å². The van der Waals surface area contributed by atoms with Crippen molar-refractivity contribution in [2.75, 3.05) is 26.8 Å². The Morgan fingerprint density at radius 3 is 3.12 bits per heavy atom. The van der Waals surface area contributed by atoms with Crippen molar-refractivity contribution in [1.82, 2.24) is 4.90 Å². The van der Waals surface area contributed by atoms with E-state index in [1.54, 1.807) is 0 Å². The fourth-order valence-corrected chi connectivity index (χ4v) is 3.69. The third-order valence-electron chi connectivity index (χ3n) is 2.87. The quantitative estimate of drug-likeness (QED) is 0.845. The van der Waals surface area contributed by atoms with Gasteiger partial charge in [-0.15, -0.1) is 11.3 Å². The van der Waals surface area contributed by atoms with Gasteiger partial charge in [-0.3, -0.25) is 0 Å². The van der Waals surface area contributed by atoms with Crippen molar-refractivity contribution >= 4 is 27.3 Å². The van der Waals surface area contributed by atoms with Gasteiger partial charge in [0.2, 0.25) is 0 Å². The molecule has 0 radical (unpaired) electrons. The van der Waals surface area contributed by atoms with Crippen molar-refractivity contribution in [2.45, 2.75) is 19.4 Å². The largest absolute Gasteiger partial charge is 0.381 e. The number of rotatable bonds is 4. The lowest BCUT2D eigenvalue weighted by atomic mass is 10.0. The molecule has 1 aromatic heterocycles. The second-order valence-corrected chi connectivity index (χ2v) is 6.42. The van der Waals surface area contributed by atoms with Crippen LogP contribution in [-0.4, -0.2) is 31.7 Å². The zero-order valence-electron chi connectivity index (χ0n) is 9.62. The van der Waals surface area contributed by atoms with Crippen molar-refractivity contribution in [1.29, 1.82) is 0 Å². The first-order valence-corrected chi connectivity index (χ1v) is 7.40. The van der Waals surface area contributed by atoms with Crippen LogP contribution in [0.15, 0.2) is 15.9 Å². The minimum atomic E-state index is 0.724. The highest BCUT2D eigenvalue weighted by Crippen LogP contribution is 2.22. The minimum absolute atomic E-state index is 0.724. The highest BCUT2D eigenvalue weighted by Gasteiger charge is 2.16. The smallest absolute Gasteiger partial charge is 0.0506 e. The molecule has 1 saturated heterocycles. The average Bonchev–Trinajstić information content (AvgIpc) is 2.65. The number of halogens is 1. The topological polar surface area (TPSA) is 12.5 Å². The SMILES string of the molecule is CN(Cc1cc(Br)cs1)C[C@H]1CCCOC1. The van der Waals surface area contributed by atoms with E-state index < -0.39 is 0 Å². The molecule has 2 nitrogen and oxygen atoms in total. The second kappa shape index (κ2) is 6.15. The first kappa shape index (κ1) is 12.6. The predicted molar refractivity (Wildman–Crippen MR) is 71.9 cm³/mol. The predicted octanol–water partition coefficient (Wildman–Crippen LogP) is 3.37. The molecule has 0 N–H and O–H groups in total. The van der Waals surface area contributed by atoms with E-state index in [2.05, 4.69) is 39.3 Å². The summed E-state index contributed by atoms with van der Waals surface area (Å²) in [5.74, 6) is 0.724. The summed E-state index contributed by atoms with van der Waals surface area (Å²) in [6, 6.07) is 2.21. The van der Waals surface area contributed by atoms with Crippen LogP contribution in [0, 0.1) is 5.92 Å². The Kier molecular flexibility index (Phi) is 4.82. The van der Waals surface area contributed by atoms with Crippen LogP contribution in [0.25, 0.3) is 0 Å². The van der Waals surface area contributed by atoms with Crippen LogP contribution in [0.1, 0.15) is 17.7 Å². The molecule has 0 bridgehead atoms. The monoisotopic (exact) mass is 303 g/mol. The highest BCUT2D eigenvalue weighted by molar-refractivity contribution is 9.10. The summed E-state index contributed by atoms with van der Waals surface area (Å²) < 4.78 is 6.70. The van der Waals surface area contributed by atoms with Gasteiger partial charge in [0.25, 0.3) is 0 Å². The summed E-state index contributed by atoms with van der Waals surface area (Å²) in [4.78, 5) is 3.82. The second-order valence-electron chi connectivity index (χ2n) is 4.51. The molecule has 1 aliphatic heterocycles. The summed E-state index contributed by atoms with van der Waals surface area (Å²) in [6.45, 7) is 4.10. The molecule has 4 heteroatoms. The van der Waals surface area contributed by atoms with Crippen LogP contribution >= 0.6 is 27.3 Å². The summed E-state index contributed by atoms with van der Waals surface area (Å²) in [5, 5.41) is 2.15. The van der Waals surface area contributed by atoms with E-state index >= 15 is 0 Å². The first-order chi connectivity index (χ1) is 7.74. The fraction of sp³-hybridized carbons (Fsp3) is 0.667. The zero-order chi connectivity index (χ0) is 11.4. The number of nitrogens with zero attached hydrogens (tertiary/aromatic N) is 1. The molecule has 0 aliphatic carbocycles. The van der Waals surface area contributed by atoms with Crippen LogP contribution in [-0.2, 0) is 11.3 Å². The third kappa shape index (κ3) is 3.84. The zero-order valence-corrected chi connectivity index (χ0v) is 12.0. The average molecular weight is 304 g/mol. The van der Waals surface area contributed by atoms with Crippen molar-refractivity contribution in [3.05, 3.63) is 20.8 Å². The Labute approximate surface area is 110 Å². The lowest BCUT2D eigenvalue weighted by Gasteiger charge is -2.26. The van der Waals surface area contributed by atoms with Gasteiger partial charge < -0.3 is 9.64 Å². The number of hydrogen-bond donors (Lipinski definition) is 0. The molecule has 1 aromatic rings. The maximum atomic E-state index is 5.51. The normalized spacial score (nSPS) is 21.6. The van der Waals surface area contributed by atoms with Crippen LogP contribution in [0.4, 0.5) is 0 Å². The van der Waals surface area contributed by atoms with Crippen LogP contribution in [0.5, 0.6) is 0 Å². The Balaban J connectivity index is 1.77. The summed E-state index contributed by atoms with van der Waals surface area (Å²) in [6.07, 6.45) is 2.54. The van der Waals surface area contributed by atoms with Crippen molar-refractivity contribution in [2.24, 2.45) is 5.92 Å². The van der Waals surface area contributed by atoms with E-state index in [9.17, 15) is 0 Å². The summed E-state index contributed by atoms with van der Waals surface area (Å²) in [5.41, 5.74) is 0. The molecule has 90 valence electrons. The fourth-order valence-electron chi connectivity index (χ4n) is 2.16. The minimum Gasteiger partial charge on any atom is -0.381 e. The highest BCUT2D eigenvalue weighted by atomic mass is 79.9. The van der Waals surface area contributed by atoms with Gasteiger partial charge in [0.1, 0.15) is 0 Å². The summed E-state index contributed by atoms with van der Waals surface area (Å²) >= 11 is 5.31. The molecule has 0 spiro atoms. The molecule has 16 heavy (non-hydrogen) atoms. The molecule has 0 unspecified atom stereocenters. The Morgan fingerprint density at radius 1 is 1.62 bits per heavy atom. The van der Waals surface area contributed by atoms with Gasteiger partial charge in [-0.25, -0.2) is 0 Å². The maximum Gasteiger partial charge on any atom is 0.0506 e. The van der Waals surface area contributed by atoms with Gasteiger partial charge in [0.05, 0.1) is 6.61 Å². The van der Waals surface area contributed by atoms with Gasteiger partial charge in [-0.2, -0.15) is 0 Å². The molecular weight excluding hydrogens is 286 g/mol. The number of thiophene rings is 1. The van der Waals surface area contributed by atoms with Gasteiger partial charge >= 0.3 is 0 Å². The van der Waals surface area contributed by atoms with Gasteiger partial charge in [0.15, 0.2) is 0 Å². The van der Waals surface area contributed by atoms with E-state index in [0.717, 1.165) is 32.2 Å². The molecule has 0 amide bonds. The molecule has 0 aromatic carbocycles. The first-order valence-electron chi connectivity index (χ1n) is 5.73.